The Labute approximate surface area is 88.1 Å². The van der Waals surface area contributed by atoms with Crippen molar-refractivity contribution in [3.8, 4) is 0 Å². The highest BCUT2D eigenvalue weighted by Gasteiger charge is 2.32. The minimum absolute atomic E-state index is 0.814. The Bertz CT molecular complexity index is 166. The van der Waals surface area contributed by atoms with Crippen LogP contribution in [0.3, 0.4) is 0 Å². The van der Waals surface area contributed by atoms with Gasteiger partial charge in [-0.25, -0.2) is 0 Å². The van der Waals surface area contributed by atoms with Gasteiger partial charge in [-0.1, -0.05) is 13.3 Å². The summed E-state index contributed by atoms with van der Waals surface area (Å²) in [6.07, 6.45) is 6.99. The van der Waals surface area contributed by atoms with Crippen LogP contribution in [0.15, 0.2) is 0 Å². The maximum absolute atomic E-state index is 3.71. The number of nitrogens with one attached hydrogen (secondary N) is 1. The molecule has 14 heavy (non-hydrogen) atoms. The van der Waals surface area contributed by atoms with E-state index in [-0.39, 0.29) is 0 Å². The van der Waals surface area contributed by atoms with Gasteiger partial charge in [0.05, 0.1) is 0 Å². The first-order valence-electron chi connectivity index (χ1n) is 6.36. The summed E-state index contributed by atoms with van der Waals surface area (Å²) in [5.74, 6) is 1.01. The SMILES string of the molecule is CCCCN1CCCNC(C2CC2)C1. The smallest absolute Gasteiger partial charge is 0.0223 e. The number of unbranched alkanes of at least 4 members (excludes halogenated alkanes) is 1. The van der Waals surface area contributed by atoms with E-state index >= 15 is 0 Å². The quantitative estimate of drug-likeness (QED) is 0.738. The van der Waals surface area contributed by atoms with E-state index in [0.29, 0.717) is 0 Å². The lowest BCUT2D eigenvalue weighted by molar-refractivity contribution is 0.255. The van der Waals surface area contributed by atoms with Crippen molar-refractivity contribution in [3.63, 3.8) is 0 Å². The minimum atomic E-state index is 0.814. The Morgan fingerprint density at radius 1 is 1.36 bits per heavy atom. The topological polar surface area (TPSA) is 15.3 Å². The summed E-state index contributed by atoms with van der Waals surface area (Å²) in [6.45, 7) is 7.47. The molecule has 2 nitrogen and oxygen atoms in total. The summed E-state index contributed by atoms with van der Waals surface area (Å²) in [5, 5.41) is 3.71. The summed E-state index contributed by atoms with van der Waals surface area (Å²) in [6, 6.07) is 0.814. The highest BCUT2D eigenvalue weighted by molar-refractivity contribution is 4.89. The zero-order chi connectivity index (χ0) is 9.80. The average Bonchev–Trinajstić information content (AvgIpc) is 3.00. The lowest BCUT2D eigenvalue weighted by atomic mass is 10.1. The molecule has 82 valence electrons. The zero-order valence-corrected chi connectivity index (χ0v) is 9.47. The third kappa shape index (κ3) is 2.96. The third-order valence-corrected chi connectivity index (χ3v) is 3.53. The van der Waals surface area contributed by atoms with Crippen LogP contribution < -0.4 is 5.32 Å². The van der Waals surface area contributed by atoms with Gasteiger partial charge < -0.3 is 10.2 Å². The van der Waals surface area contributed by atoms with Crippen molar-refractivity contribution >= 4 is 0 Å². The zero-order valence-electron chi connectivity index (χ0n) is 9.47. The first-order chi connectivity index (χ1) is 6.90. The van der Waals surface area contributed by atoms with Gasteiger partial charge in [-0.3, -0.25) is 0 Å². The van der Waals surface area contributed by atoms with Crippen molar-refractivity contribution in [2.75, 3.05) is 26.2 Å². The van der Waals surface area contributed by atoms with Gasteiger partial charge in [-0.05, 0) is 51.2 Å². The molecule has 2 fully saturated rings. The van der Waals surface area contributed by atoms with E-state index in [1.807, 2.05) is 0 Å². The molecule has 2 rings (SSSR count). The third-order valence-electron chi connectivity index (χ3n) is 3.53. The molecule has 1 aliphatic carbocycles. The second kappa shape index (κ2) is 5.13. The molecular formula is C12H24N2. The number of nitrogens with zero attached hydrogens (tertiary/aromatic N) is 1. The molecule has 0 radical (unpaired) electrons. The summed E-state index contributed by atoms with van der Waals surface area (Å²) in [4.78, 5) is 2.67. The van der Waals surface area contributed by atoms with E-state index in [1.54, 1.807) is 0 Å². The maximum Gasteiger partial charge on any atom is 0.0223 e. The molecule has 0 aromatic heterocycles. The highest BCUT2D eigenvalue weighted by atomic mass is 15.2. The minimum Gasteiger partial charge on any atom is -0.312 e. The first-order valence-corrected chi connectivity index (χ1v) is 6.36. The molecule has 0 amide bonds. The van der Waals surface area contributed by atoms with E-state index in [9.17, 15) is 0 Å². The Hall–Kier alpha value is -0.0800. The Morgan fingerprint density at radius 2 is 2.21 bits per heavy atom. The van der Waals surface area contributed by atoms with Gasteiger partial charge in [0.1, 0.15) is 0 Å². The molecule has 0 bridgehead atoms. The fourth-order valence-corrected chi connectivity index (χ4v) is 2.42. The van der Waals surface area contributed by atoms with E-state index in [4.69, 9.17) is 0 Å². The molecule has 0 aromatic carbocycles. The lowest BCUT2D eigenvalue weighted by Crippen LogP contribution is -2.39. The molecule has 1 saturated heterocycles. The molecule has 1 saturated carbocycles. The number of hydrogen-bond donors (Lipinski definition) is 1. The lowest BCUT2D eigenvalue weighted by Gasteiger charge is -2.24. The van der Waals surface area contributed by atoms with E-state index in [2.05, 4.69) is 17.1 Å². The van der Waals surface area contributed by atoms with Gasteiger partial charge in [0.2, 0.25) is 0 Å². The van der Waals surface area contributed by atoms with Gasteiger partial charge >= 0.3 is 0 Å². The predicted octanol–water partition coefficient (Wildman–Crippen LogP) is 1.86. The highest BCUT2D eigenvalue weighted by Crippen LogP contribution is 2.33. The molecule has 1 heterocycles. The van der Waals surface area contributed by atoms with E-state index in [0.717, 1.165) is 12.0 Å². The average molecular weight is 196 g/mol. The van der Waals surface area contributed by atoms with Crippen LogP contribution >= 0.6 is 0 Å². The standard InChI is InChI=1S/C12H24N2/c1-2-3-8-14-9-4-7-13-12(10-14)11-5-6-11/h11-13H,2-10H2,1H3. The van der Waals surface area contributed by atoms with Crippen LogP contribution in [-0.2, 0) is 0 Å². The van der Waals surface area contributed by atoms with Crippen LogP contribution in [-0.4, -0.2) is 37.1 Å². The van der Waals surface area contributed by atoms with Crippen molar-refractivity contribution in [2.24, 2.45) is 5.92 Å². The number of rotatable bonds is 4. The van der Waals surface area contributed by atoms with Gasteiger partial charge in [0.25, 0.3) is 0 Å². The summed E-state index contributed by atoms with van der Waals surface area (Å²) in [7, 11) is 0. The van der Waals surface area contributed by atoms with Crippen molar-refractivity contribution in [1.82, 2.24) is 10.2 Å². The summed E-state index contributed by atoms with van der Waals surface area (Å²) in [5.41, 5.74) is 0. The van der Waals surface area contributed by atoms with Gasteiger partial charge in [0.15, 0.2) is 0 Å². The second-order valence-electron chi connectivity index (χ2n) is 4.91. The van der Waals surface area contributed by atoms with Crippen LogP contribution in [0.2, 0.25) is 0 Å². The fourth-order valence-electron chi connectivity index (χ4n) is 2.42. The molecule has 1 aliphatic heterocycles. The largest absolute Gasteiger partial charge is 0.312 e. The van der Waals surface area contributed by atoms with Gasteiger partial charge in [-0.15, -0.1) is 0 Å². The van der Waals surface area contributed by atoms with Crippen molar-refractivity contribution in [3.05, 3.63) is 0 Å². The monoisotopic (exact) mass is 196 g/mol. The predicted molar refractivity (Wildman–Crippen MR) is 60.5 cm³/mol. The van der Waals surface area contributed by atoms with Gasteiger partial charge in [0, 0.05) is 12.6 Å². The van der Waals surface area contributed by atoms with E-state index < -0.39 is 0 Å². The molecule has 2 heteroatoms. The molecular weight excluding hydrogens is 172 g/mol. The maximum atomic E-state index is 3.71. The van der Waals surface area contributed by atoms with E-state index in [1.165, 1.54) is 58.3 Å². The van der Waals surface area contributed by atoms with Crippen molar-refractivity contribution < 1.29 is 0 Å². The Kier molecular flexibility index (Phi) is 3.82. The second-order valence-corrected chi connectivity index (χ2v) is 4.91. The first kappa shape index (κ1) is 10.4. The normalized spacial score (nSPS) is 30.2. The molecule has 0 spiro atoms. The van der Waals surface area contributed by atoms with Crippen molar-refractivity contribution in [1.29, 1.82) is 0 Å². The van der Waals surface area contributed by atoms with Crippen LogP contribution in [0.1, 0.15) is 39.0 Å². The molecule has 0 aromatic rings. The summed E-state index contributed by atoms with van der Waals surface area (Å²) < 4.78 is 0. The van der Waals surface area contributed by atoms with Crippen LogP contribution in [0.25, 0.3) is 0 Å². The molecule has 1 unspecified atom stereocenters. The summed E-state index contributed by atoms with van der Waals surface area (Å²) >= 11 is 0. The van der Waals surface area contributed by atoms with Crippen LogP contribution in [0.5, 0.6) is 0 Å². The molecule has 1 atom stereocenters. The molecule has 1 N–H and O–H groups in total. The van der Waals surface area contributed by atoms with Crippen molar-refractivity contribution in [2.45, 2.75) is 45.1 Å². The van der Waals surface area contributed by atoms with Crippen LogP contribution in [0.4, 0.5) is 0 Å². The molecule has 2 aliphatic rings. The van der Waals surface area contributed by atoms with Crippen LogP contribution in [0, 0.1) is 5.92 Å². The fraction of sp³-hybridized carbons (Fsp3) is 1.00. The number of hydrogen-bond acceptors (Lipinski definition) is 2. The Balaban J connectivity index is 1.77. The Morgan fingerprint density at radius 3 is 2.93 bits per heavy atom. The van der Waals surface area contributed by atoms with Gasteiger partial charge in [-0.2, -0.15) is 0 Å².